The van der Waals surface area contributed by atoms with Gasteiger partial charge in [0, 0.05) is 12.5 Å². The molecular weight excluding hydrogens is 250 g/mol. The van der Waals surface area contributed by atoms with Crippen LogP contribution in [0, 0.1) is 16.7 Å². The third kappa shape index (κ3) is 2.23. The maximum atomic E-state index is 10.8. The zero-order valence-corrected chi connectivity index (χ0v) is 13.2. The van der Waals surface area contributed by atoms with Gasteiger partial charge in [0.15, 0.2) is 0 Å². The second kappa shape index (κ2) is 5.05. The van der Waals surface area contributed by atoms with E-state index in [1.54, 1.807) is 7.11 Å². The number of benzene rings is 1. The third-order valence-corrected chi connectivity index (χ3v) is 5.66. The van der Waals surface area contributed by atoms with E-state index in [2.05, 4.69) is 27.7 Å². The Hall–Kier alpha value is -1.06. The van der Waals surface area contributed by atoms with Crippen LogP contribution in [0.25, 0.3) is 0 Å². The highest BCUT2D eigenvalue weighted by molar-refractivity contribution is 5.33. The minimum atomic E-state index is -0.419. The summed E-state index contributed by atoms with van der Waals surface area (Å²) < 4.78 is 5.26. The SMILES string of the molecule is COc1cccc(C(CN)C(O)C2C(C)(C)C2(C)C)c1. The van der Waals surface area contributed by atoms with Crippen LogP contribution in [-0.4, -0.2) is 24.9 Å². The van der Waals surface area contributed by atoms with Gasteiger partial charge in [-0.05, 0) is 34.4 Å². The first-order chi connectivity index (χ1) is 9.27. The van der Waals surface area contributed by atoms with Crippen molar-refractivity contribution in [1.29, 1.82) is 0 Å². The summed E-state index contributed by atoms with van der Waals surface area (Å²) in [7, 11) is 1.65. The lowest BCUT2D eigenvalue weighted by atomic mass is 9.88. The standard InChI is InChI=1S/C17H27NO2/c1-16(2)15(17(16,3)4)14(19)13(10-18)11-7-6-8-12(9-11)20-5/h6-9,13-15,19H,10,18H2,1-5H3. The zero-order valence-electron chi connectivity index (χ0n) is 13.2. The van der Waals surface area contributed by atoms with Crippen molar-refractivity contribution in [2.45, 2.75) is 39.7 Å². The van der Waals surface area contributed by atoms with Gasteiger partial charge in [-0.3, -0.25) is 0 Å². The number of hydrogen-bond donors (Lipinski definition) is 2. The van der Waals surface area contributed by atoms with Gasteiger partial charge in [-0.15, -0.1) is 0 Å². The topological polar surface area (TPSA) is 55.5 Å². The molecule has 0 heterocycles. The van der Waals surface area contributed by atoms with Crippen molar-refractivity contribution < 1.29 is 9.84 Å². The lowest BCUT2D eigenvalue weighted by Gasteiger charge is -2.24. The minimum Gasteiger partial charge on any atom is -0.497 e. The predicted octanol–water partition coefficient (Wildman–Crippen LogP) is 2.78. The van der Waals surface area contributed by atoms with Crippen LogP contribution in [-0.2, 0) is 0 Å². The molecule has 3 heteroatoms. The third-order valence-electron chi connectivity index (χ3n) is 5.66. The Morgan fingerprint density at radius 2 is 1.85 bits per heavy atom. The summed E-state index contributed by atoms with van der Waals surface area (Å²) in [6.45, 7) is 9.33. The van der Waals surface area contributed by atoms with Crippen molar-refractivity contribution in [3.63, 3.8) is 0 Å². The van der Waals surface area contributed by atoms with E-state index in [1.807, 2.05) is 24.3 Å². The van der Waals surface area contributed by atoms with Gasteiger partial charge < -0.3 is 15.6 Å². The summed E-state index contributed by atoms with van der Waals surface area (Å²) in [6, 6.07) is 7.86. The Morgan fingerprint density at radius 3 is 2.30 bits per heavy atom. The smallest absolute Gasteiger partial charge is 0.119 e. The van der Waals surface area contributed by atoms with Gasteiger partial charge >= 0.3 is 0 Å². The normalized spacial score (nSPS) is 23.1. The zero-order chi connectivity index (χ0) is 15.1. The average molecular weight is 277 g/mol. The van der Waals surface area contributed by atoms with E-state index in [-0.39, 0.29) is 22.7 Å². The van der Waals surface area contributed by atoms with Crippen molar-refractivity contribution in [2.75, 3.05) is 13.7 Å². The van der Waals surface area contributed by atoms with Gasteiger partial charge in [-0.2, -0.15) is 0 Å². The molecule has 1 aliphatic carbocycles. The van der Waals surface area contributed by atoms with Crippen molar-refractivity contribution >= 4 is 0 Å². The maximum absolute atomic E-state index is 10.8. The van der Waals surface area contributed by atoms with Crippen LogP contribution in [0.4, 0.5) is 0 Å². The van der Waals surface area contributed by atoms with E-state index >= 15 is 0 Å². The van der Waals surface area contributed by atoms with Crippen LogP contribution in [0.1, 0.15) is 39.2 Å². The lowest BCUT2D eigenvalue weighted by Crippen LogP contribution is -2.29. The van der Waals surface area contributed by atoms with Crippen LogP contribution < -0.4 is 10.5 Å². The molecule has 0 spiro atoms. The predicted molar refractivity (Wildman–Crippen MR) is 81.8 cm³/mol. The summed E-state index contributed by atoms with van der Waals surface area (Å²) in [5.74, 6) is 1.04. The molecule has 20 heavy (non-hydrogen) atoms. The molecule has 1 aromatic rings. The minimum absolute atomic E-state index is 0.0452. The summed E-state index contributed by atoms with van der Waals surface area (Å²) in [4.78, 5) is 0. The van der Waals surface area contributed by atoms with Crippen LogP contribution in [0.3, 0.4) is 0 Å². The van der Waals surface area contributed by atoms with Crippen LogP contribution >= 0.6 is 0 Å². The highest BCUT2D eigenvalue weighted by Crippen LogP contribution is 2.70. The second-order valence-electron chi connectivity index (χ2n) is 7.03. The molecule has 0 aliphatic heterocycles. The molecule has 0 saturated heterocycles. The van der Waals surface area contributed by atoms with Crippen molar-refractivity contribution in [3.8, 4) is 5.75 Å². The van der Waals surface area contributed by atoms with Gasteiger partial charge in [0.25, 0.3) is 0 Å². The van der Waals surface area contributed by atoms with Crippen LogP contribution in [0.2, 0.25) is 0 Å². The van der Waals surface area contributed by atoms with Crippen molar-refractivity contribution in [3.05, 3.63) is 29.8 Å². The molecule has 0 radical (unpaired) electrons. The average Bonchev–Trinajstić information content (AvgIpc) is 2.80. The summed E-state index contributed by atoms with van der Waals surface area (Å²) >= 11 is 0. The van der Waals surface area contributed by atoms with E-state index in [0.717, 1.165) is 11.3 Å². The summed E-state index contributed by atoms with van der Waals surface area (Å²) in [5, 5.41) is 10.8. The Labute approximate surface area is 122 Å². The number of aliphatic hydroxyl groups is 1. The van der Waals surface area contributed by atoms with Gasteiger partial charge in [-0.25, -0.2) is 0 Å². The Morgan fingerprint density at radius 1 is 1.25 bits per heavy atom. The Kier molecular flexibility index (Phi) is 3.87. The van der Waals surface area contributed by atoms with Crippen molar-refractivity contribution in [2.24, 2.45) is 22.5 Å². The number of ether oxygens (including phenoxy) is 1. The van der Waals surface area contributed by atoms with Gasteiger partial charge in [-0.1, -0.05) is 39.8 Å². The molecule has 0 bridgehead atoms. The molecule has 1 aliphatic rings. The summed E-state index contributed by atoms with van der Waals surface area (Å²) in [5.41, 5.74) is 7.30. The molecule has 112 valence electrons. The first kappa shape index (κ1) is 15.3. The number of methoxy groups -OCH3 is 1. The quantitative estimate of drug-likeness (QED) is 0.870. The number of aliphatic hydroxyl groups excluding tert-OH is 1. The number of nitrogens with two attached hydrogens (primary N) is 1. The molecule has 1 fully saturated rings. The van der Waals surface area contributed by atoms with E-state index in [0.29, 0.717) is 6.54 Å². The van der Waals surface area contributed by atoms with Crippen molar-refractivity contribution in [1.82, 2.24) is 0 Å². The first-order valence-electron chi connectivity index (χ1n) is 7.29. The van der Waals surface area contributed by atoms with E-state index in [9.17, 15) is 5.11 Å². The molecule has 0 aromatic heterocycles. The first-order valence-corrected chi connectivity index (χ1v) is 7.29. The molecule has 1 saturated carbocycles. The second-order valence-corrected chi connectivity index (χ2v) is 7.03. The Balaban J connectivity index is 2.25. The Bertz CT molecular complexity index is 468. The summed E-state index contributed by atoms with van der Waals surface area (Å²) in [6.07, 6.45) is -0.419. The van der Waals surface area contributed by atoms with E-state index in [1.165, 1.54) is 0 Å². The van der Waals surface area contributed by atoms with E-state index in [4.69, 9.17) is 10.5 Å². The van der Waals surface area contributed by atoms with Gasteiger partial charge in [0.1, 0.15) is 5.75 Å². The van der Waals surface area contributed by atoms with Gasteiger partial charge in [0.2, 0.25) is 0 Å². The number of hydrogen-bond acceptors (Lipinski definition) is 3. The van der Waals surface area contributed by atoms with Crippen LogP contribution in [0.15, 0.2) is 24.3 Å². The fourth-order valence-electron chi connectivity index (χ4n) is 3.68. The van der Waals surface area contributed by atoms with Gasteiger partial charge in [0.05, 0.1) is 13.2 Å². The highest BCUT2D eigenvalue weighted by atomic mass is 16.5. The maximum Gasteiger partial charge on any atom is 0.119 e. The molecule has 2 rings (SSSR count). The fourth-order valence-corrected chi connectivity index (χ4v) is 3.68. The molecule has 1 aromatic carbocycles. The molecule has 3 nitrogen and oxygen atoms in total. The molecule has 0 amide bonds. The monoisotopic (exact) mass is 277 g/mol. The largest absolute Gasteiger partial charge is 0.497 e. The fraction of sp³-hybridized carbons (Fsp3) is 0.647. The van der Waals surface area contributed by atoms with Crippen LogP contribution in [0.5, 0.6) is 5.75 Å². The highest BCUT2D eigenvalue weighted by Gasteiger charge is 2.67. The molecule has 2 atom stereocenters. The molecule has 3 N–H and O–H groups in total. The molecule has 2 unspecified atom stereocenters. The van der Waals surface area contributed by atoms with E-state index < -0.39 is 6.10 Å². The number of rotatable bonds is 5. The lowest BCUT2D eigenvalue weighted by molar-refractivity contribution is 0.102. The molecular formula is C17H27NO2.